The van der Waals surface area contributed by atoms with Crippen LogP contribution in [0.5, 0.6) is 5.75 Å². The number of ether oxygens (including phenoxy) is 2. The van der Waals surface area contributed by atoms with Crippen molar-refractivity contribution >= 4 is 58.5 Å². The number of nitriles is 2. The van der Waals surface area contributed by atoms with Gasteiger partial charge in [-0.15, -0.1) is 11.3 Å². The Morgan fingerprint density at radius 3 is 2.26 bits per heavy atom. The van der Waals surface area contributed by atoms with Crippen LogP contribution < -0.4 is 9.64 Å². The molecule has 3 aromatic carbocycles. The molecular formula is C44H40Cl2N4O3S. The molecule has 1 N–H and O–H groups in total. The van der Waals surface area contributed by atoms with Crippen molar-refractivity contribution in [3.8, 4) is 17.9 Å². The summed E-state index contributed by atoms with van der Waals surface area (Å²) < 4.78 is 12.7. The SMILES string of the molecule is [C-]#[N+]C1=C(/C=C/c2ccc(/C=C/c3ccc(N(CCCC)CCCCO)cc3OCc3ccccc3)s2)C(C)(c2cc(Cl)cc(Cl)c2)OC1=C(C#N)C#N. The lowest BCUT2D eigenvalue weighted by atomic mass is 9.87. The van der Waals surface area contributed by atoms with Gasteiger partial charge in [0.05, 0.1) is 6.57 Å². The largest absolute Gasteiger partial charge is 0.488 e. The molecule has 2 heterocycles. The number of rotatable bonds is 16. The summed E-state index contributed by atoms with van der Waals surface area (Å²) in [5.41, 5.74) is 2.72. The zero-order chi connectivity index (χ0) is 38.5. The summed E-state index contributed by atoms with van der Waals surface area (Å²) in [5, 5.41) is 29.4. The normalized spacial score (nSPS) is 15.3. The summed E-state index contributed by atoms with van der Waals surface area (Å²) in [6.45, 7) is 14.3. The Kier molecular flexibility index (Phi) is 14.2. The van der Waals surface area contributed by atoms with Crippen molar-refractivity contribution in [2.45, 2.75) is 51.7 Å². The Morgan fingerprint density at radius 2 is 1.61 bits per heavy atom. The van der Waals surface area contributed by atoms with Crippen molar-refractivity contribution in [2.75, 3.05) is 24.6 Å². The summed E-state index contributed by atoms with van der Waals surface area (Å²) in [6.07, 6.45) is 11.6. The minimum Gasteiger partial charge on any atom is -0.488 e. The Bertz CT molecular complexity index is 2170. The molecule has 0 spiro atoms. The van der Waals surface area contributed by atoms with E-state index in [4.69, 9.17) is 39.2 Å². The number of nitrogens with zero attached hydrogens (tertiary/aromatic N) is 4. The Hall–Kier alpha value is -5.27. The first-order valence-electron chi connectivity index (χ1n) is 17.7. The number of aliphatic hydroxyl groups excluding tert-OH is 1. The highest BCUT2D eigenvalue weighted by Crippen LogP contribution is 2.49. The van der Waals surface area contributed by atoms with Gasteiger partial charge in [-0.2, -0.15) is 10.5 Å². The van der Waals surface area contributed by atoms with Crippen LogP contribution in [0.1, 0.15) is 66.0 Å². The van der Waals surface area contributed by atoms with Crippen molar-refractivity contribution in [1.29, 1.82) is 10.5 Å². The number of anilines is 1. The first-order valence-corrected chi connectivity index (χ1v) is 19.2. The molecule has 4 aromatic rings. The first kappa shape index (κ1) is 39.9. The van der Waals surface area contributed by atoms with Gasteiger partial charge in [-0.05, 0) is 92.4 Å². The average Bonchev–Trinajstić information content (AvgIpc) is 3.75. The van der Waals surface area contributed by atoms with Crippen LogP contribution in [0, 0.1) is 29.2 Å². The summed E-state index contributed by atoms with van der Waals surface area (Å²) in [5.74, 6) is 0.712. The van der Waals surface area contributed by atoms with Crippen molar-refractivity contribution in [3.05, 3.63) is 155 Å². The molecule has 1 unspecified atom stereocenters. The Labute approximate surface area is 331 Å². The van der Waals surface area contributed by atoms with Gasteiger partial charge in [0.25, 0.3) is 0 Å². The molecule has 1 aromatic heterocycles. The number of allylic oxidation sites excluding steroid dienone is 1. The predicted octanol–water partition coefficient (Wildman–Crippen LogP) is 11.6. The molecule has 1 aliphatic rings. The van der Waals surface area contributed by atoms with Gasteiger partial charge in [0.15, 0.2) is 11.3 Å². The number of unbranched alkanes of at least 4 members (excludes halogenated alkanes) is 2. The maximum absolute atomic E-state index is 9.65. The lowest BCUT2D eigenvalue weighted by molar-refractivity contribution is 0.0755. The minimum absolute atomic E-state index is 0.0713. The highest BCUT2D eigenvalue weighted by atomic mass is 35.5. The zero-order valence-electron chi connectivity index (χ0n) is 30.2. The van der Waals surface area contributed by atoms with Crippen LogP contribution in [0.4, 0.5) is 5.69 Å². The van der Waals surface area contributed by atoms with Crippen LogP contribution in [-0.2, 0) is 16.9 Å². The predicted molar refractivity (Wildman–Crippen MR) is 220 cm³/mol. The van der Waals surface area contributed by atoms with E-state index in [2.05, 4.69) is 47.0 Å². The lowest BCUT2D eigenvalue weighted by Gasteiger charge is -2.28. The summed E-state index contributed by atoms with van der Waals surface area (Å²) in [7, 11) is 0. The zero-order valence-corrected chi connectivity index (χ0v) is 32.5. The van der Waals surface area contributed by atoms with Gasteiger partial charge in [0.2, 0.25) is 5.70 Å². The number of hydrogen-bond acceptors (Lipinski definition) is 7. The summed E-state index contributed by atoms with van der Waals surface area (Å²) >= 11 is 14.3. The molecule has 7 nitrogen and oxygen atoms in total. The summed E-state index contributed by atoms with van der Waals surface area (Å²) in [6, 6.07) is 29.2. The third kappa shape index (κ3) is 9.83. The molecule has 5 rings (SSSR count). The average molecular weight is 776 g/mol. The third-order valence-corrected chi connectivity index (χ3v) is 10.4. The van der Waals surface area contributed by atoms with Crippen molar-refractivity contribution < 1.29 is 14.6 Å². The smallest absolute Gasteiger partial charge is 0.237 e. The number of halogens is 2. The van der Waals surface area contributed by atoms with Gasteiger partial charge in [0.1, 0.15) is 30.1 Å². The van der Waals surface area contributed by atoms with Gasteiger partial charge in [-0.25, -0.2) is 4.85 Å². The van der Waals surface area contributed by atoms with E-state index >= 15 is 0 Å². The molecule has 0 radical (unpaired) electrons. The van der Waals surface area contributed by atoms with E-state index < -0.39 is 5.60 Å². The van der Waals surface area contributed by atoms with E-state index in [1.165, 1.54) is 0 Å². The van der Waals surface area contributed by atoms with Crippen molar-refractivity contribution in [1.82, 2.24) is 0 Å². The highest BCUT2D eigenvalue weighted by molar-refractivity contribution is 7.13. The van der Waals surface area contributed by atoms with Gasteiger partial charge >= 0.3 is 0 Å². The molecule has 274 valence electrons. The van der Waals surface area contributed by atoms with Crippen LogP contribution in [0.15, 0.2) is 108 Å². The molecule has 0 saturated carbocycles. The number of aliphatic hydroxyl groups is 1. The van der Waals surface area contributed by atoms with Crippen LogP contribution >= 0.6 is 34.5 Å². The van der Waals surface area contributed by atoms with E-state index in [1.807, 2.05) is 60.7 Å². The van der Waals surface area contributed by atoms with Crippen LogP contribution in [0.2, 0.25) is 10.0 Å². The Morgan fingerprint density at radius 1 is 0.926 bits per heavy atom. The van der Waals surface area contributed by atoms with Gasteiger partial charge in [-0.3, -0.25) is 0 Å². The fourth-order valence-electron chi connectivity index (χ4n) is 6.08. The van der Waals surface area contributed by atoms with E-state index in [-0.39, 0.29) is 23.6 Å². The maximum atomic E-state index is 9.65. The molecule has 0 bridgehead atoms. The molecule has 0 fully saturated rings. The quantitative estimate of drug-likeness (QED) is 0.0692. The maximum Gasteiger partial charge on any atom is 0.237 e. The highest BCUT2D eigenvalue weighted by Gasteiger charge is 2.44. The molecule has 1 aliphatic heterocycles. The lowest BCUT2D eigenvalue weighted by Crippen LogP contribution is -2.25. The third-order valence-electron chi connectivity index (χ3n) is 8.97. The fraction of sp³-hybridized carbons (Fsp3) is 0.250. The molecule has 0 saturated heterocycles. The van der Waals surface area contributed by atoms with Crippen LogP contribution in [-0.4, -0.2) is 24.8 Å². The molecular weight excluding hydrogens is 735 g/mol. The standard InChI is InChI=1S/C44H40Cl2N4O3S/c1-4-5-21-50(22-9-10-23-51)37-15-13-32(41(27-37)52-30-31-11-7-6-8-12-31)14-16-38-17-18-39(54-38)19-20-40-42(49-3)43(33(28-47)29-48)53-44(40,2)34-24-35(45)26-36(46)25-34/h6-8,11-20,24-27,51H,4-5,9-10,21-23,30H2,1-2H3/b16-14+,20-19+. The first-order chi connectivity index (χ1) is 26.2. The van der Waals surface area contributed by atoms with Crippen LogP contribution in [0.3, 0.4) is 0 Å². The number of thiophene rings is 1. The van der Waals surface area contributed by atoms with Gasteiger partial charge < -0.3 is 19.5 Å². The van der Waals surface area contributed by atoms with Crippen molar-refractivity contribution in [3.63, 3.8) is 0 Å². The van der Waals surface area contributed by atoms with Gasteiger partial charge in [-0.1, -0.05) is 73.0 Å². The number of hydrogen-bond donors (Lipinski definition) is 1. The Balaban J connectivity index is 1.45. The van der Waals surface area contributed by atoms with E-state index in [0.717, 1.165) is 71.1 Å². The molecule has 54 heavy (non-hydrogen) atoms. The second-order valence-corrected chi connectivity index (χ2v) is 14.8. The minimum atomic E-state index is -1.24. The van der Waals surface area contributed by atoms with E-state index in [9.17, 15) is 15.6 Å². The summed E-state index contributed by atoms with van der Waals surface area (Å²) in [4.78, 5) is 7.99. The fourth-order valence-corrected chi connectivity index (χ4v) is 7.42. The topological polar surface area (TPSA) is 93.9 Å². The monoisotopic (exact) mass is 774 g/mol. The molecule has 1 atom stereocenters. The van der Waals surface area contributed by atoms with Crippen molar-refractivity contribution in [2.24, 2.45) is 0 Å². The molecule has 10 heteroatoms. The van der Waals surface area contributed by atoms with Crippen LogP contribution in [0.25, 0.3) is 23.1 Å². The second kappa shape index (κ2) is 19.2. The molecule has 0 amide bonds. The second-order valence-electron chi connectivity index (χ2n) is 12.8. The van der Waals surface area contributed by atoms with E-state index in [0.29, 0.717) is 27.8 Å². The van der Waals surface area contributed by atoms with E-state index in [1.54, 1.807) is 42.5 Å². The molecule has 0 aliphatic carbocycles. The number of benzene rings is 3. The van der Waals surface area contributed by atoms with Gasteiger partial charge in [0, 0.05) is 67.9 Å².